The molecule has 0 amide bonds. The number of ether oxygens (including phenoxy) is 1. The predicted molar refractivity (Wildman–Crippen MR) is 80.9 cm³/mol. The van der Waals surface area contributed by atoms with Gasteiger partial charge in [0, 0.05) is 33.8 Å². The fraction of sp³-hybridized carbons (Fsp3) is 1.00. The second-order valence-electron chi connectivity index (χ2n) is 5.40. The van der Waals surface area contributed by atoms with Gasteiger partial charge in [-0.1, -0.05) is 6.92 Å². The van der Waals surface area contributed by atoms with Crippen molar-refractivity contribution in [2.24, 2.45) is 5.92 Å². The second-order valence-corrected chi connectivity index (χ2v) is 7.44. The second kappa shape index (κ2) is 8.94. The van der Waals surface area contributed by atoms with E-state index in [1.165, 1.54) is 4.31 Å². The van der Waals surface area contributed by atoms with E-state index in [2.05, 4.69) is 12.2 Å². The summed E-state index contributed by atoms with van der Waals surface area (Å²) >= 11 is 0. The molecule has 0 spiro atoms. The van der Waals surface area contributed by atoms with Gasteiger partial charge in [-0.05, 0) is 38.3 Å². The zero-order valence-corrected chi connectivity index (χ0v) is 13.8. The monoisotopic (exact) mass is 307 g/mol. The summed E-state index contributed by atoms with van der Waals surface area (Å²) in [5.74, 6) is 0.328. The molecule has 0 bridgehead atoms. The number of nitrogens with one attached hydrogen (secondary N) is 1. The maximum Gasteiger partial charge on any atom is 0.281 e. The highest BCUT2D eigenvalue weighted by Gasteiger charge is 2.33. The highest BCUT2D eigenvalue weighted by atomic mass is 32.2. The van der Waals surface area contributed by atoms with Crippen LogP contribution in [0.4, 0.5) is 0 Å². The highest BCUT2D eigenvalue weighted by molar-refractivity contribution is 7.86. The molecule has 1 heterocycles. The van der Waals surface area contributed by atoms with E-state index in [0.29, 0.717) is 32.2 Å². The van der Waals surface area contributed by atoms with Gasteiger partial charge < -0.3 is 10.1 Å². The SMILES string of the molecule is CCCNCCCN(C)S(=O)(=O)N1CCC(COC)C1. The van der Waals surface area contributed by atoms with Crippen LogP contribution in [0.3, 0.4) is 0 Å². The first kappa shape index (κ1) is 17.8. The van der Waals surface area contributed by atoms with Crippen LogP contribution in [0, 0.1) is 5.92 Å². The lowest BCUT2D eigenvalue weighted by Gasteiger charge is -2.24. The fourth-order valence-electron chi connectivity index (χ4n) is 2.42. The molecule has 20 heavy (non-hydrogen) atoms. The molecule has 1 saturated heterocycles. The van der Waals surface area contributed by atoms with Gasteiger partial charge >= 0.3 is 0 Å². The van der Waals surface area contributed by atoms with Crippen LogP contribution < -0.4 is 5.32 Å². The van der Waals surface area contributed by atoms with E-state index in [9.17, 15) is 8.42 Å². The summed E-state index contributed by atoms with van der Waals surface area (Å²) < 4.78 is 32.9. The Morgan fingerprint density at radius 3 is 2.80 bits per heavy atom. The van der Waals surface area contributed by atoms with E-state index in [-0.39, 0.29) is 0 Å². The molecule has 1 fully saturated rings. The van der Waals surface area contributed by atoms with Crippen molar-refractivity contribution >= 4 is 10.2 Å². The van der Waals surface area contributed by atoms with Crippen molar-refractivity contribution in [3.8, 4) is 0 Å². The average Bonchev–Trinajstić information content (AvgIpc) is 2.88. The van der Waals surface area contributed by atoms with Crippen LogP contribution in [-0.2, 0) is 14.9 Å². The Balaban J connectivity index is 2.36. The van der Waals surface area contributed by atoms with Gasteiger partial charge in [-0.3, -0.25) is 0 Å². The molecule has 1 N–H and O–H groups in total. The van der Waals surface area contributed by atoms with E-state index in [1.807, 2.05) is 0 Å². The number of rotatable bonds is 10. The van der Waals surface area contributed by atoms with Crippen molar-refractivity contribution in [1.82, 2.24) is 13.9 Å². The molecule has 0 aliphatic carbocycles. The van der Waals surface area contributed by atoms with Crippen LogP contribution in [0.2, 0.25) is 0 Å². The maximum atomic E-state index is 12.4. The van der Waals surface area contributed by atoms with Gasteiger partial charge in [0.2, 0.25) is 0 Å². The molecular weight excluding hydrogens is 278 g/mol. The van der Waals surface area contributed by atoms with Crippen molar-refractivity contribution in [3.05, 3.63) is 0 Å². The summed E-state index contributed by atoms with van der Waals surface area (Å²) in [6, 6.07) is 0. The predicted octanol–water partition coefficient (Wildman–Crippen LogP) is 0.521. The van der Waals surface area contributed by atoms with Crippen LogP contribution in [-0.4, -0.2) is 70.5 Å². The van der Waals surface area contributed by atoms with E-state index < -0.39 is 10.2 Å². The Labute approximate surface area is 123 Å². The molecule has 0 aromatic rings. The molecule has 1 aliphatic rings. The number of hydrogen-bond acceptors (Lipinski definition) is 4. The Morgan fingerprint density at radius 2 is 2.15 bits per heavy atom. The Bertz CT molecular complexity index is 362. The third kappa shape index (κ3) is 5.29. The van der Waals surface area contributed by atoms with Crippen LogP contribution in [0.25, 0.3) is 0 Å². The van der Waals surface area contributed by atoms with Gasteiger partial charge in [-0.15, -0.1) is 0 Å². The molecule has 120 valence electrons. The van der Waals surface area contributed by atoms with Crippen molar-refractivity contribution in [2.45, 2.75) is 26.2 Å². The normalized spacial score (nSPS) is 20.9. The molecule has 7 heteroatoms. The summed E-state index contributed by atoms with van der Waals surface area (Å²) in [7, 11) is 0.0254. The summed E-state index contributed by atoms with van der Waals surface area (Å²) in [6.45, 7) is 6.35. The van der Waals surface area contributed by atoms with Gasteiger partial charge in [0.25, 0.3) is 10.2 Å². The Hall–Kier alpha value is -0.210. The van der Waals surface area contributed by atoms with E-state index >= 15 is 0 Å². The molecule has 1 aliphatic heterocycles. The number of nitrogens with zero attached hydrogens (tertiary/aromatic N) is 2. The summed E-state index contributed by atoms with van der Waals surface area (Å²) in [4.78, 5) is 0. The van der Waals surface area contributed by atoms with E-state index in [0.717, 1.165) is 32.4 Å². The van der Waals surface area contributed by atoms with Gasteiger partial charge in [0.05, 0.1) is 6.61 Å². The lowest BCUT2D eigenvalue weighted by atomic mass is 10.1. The third-order valence-electron chi connectivity index (χ3n) is 3.62. The van der Waals surface area contributed by atoms with Crippen molar-refractivity contribution < 1.29 is 13.2 Å². The smallest absolute Gasteiger partial charge is 0.281 e. The molecule has 1 atom stereocenters. The Morgan fingerprint density at radius 1 is 1.40 bits per heavy atom. The number of hydrogen-bond donors (Lipinski definition) is 1. The van der Waals surface area contributed by atoms with Gasteiger partial charge in [-0.2, -0.15) is 17.0 Å². The first-order chi connectivity index (χ1) is 9.52. The first-order valence-electron chi connectivity index (χ1n) is 7.43. The van der Waals surface area contributed by atoms with Crippen molar-refractivity contribution in [1.29, 1.82) is 0 Å². The van der Waals surface area contributed by atoms with Gasteiger partial charge in [-0.25, -0.2) is 0 Å². The standard InChI is InChI=1S/C13H29N3O3S/c1-4-7-14-8-5-9-15(2)20(17,18)16-10-6-13(11-16)12-19-3/h13-14H,4-12H2,1-3H3. The summed E-state index contributed by atoms with van der Waals surface area (Å²) in [6.07, 6.45) is 2.83. The lowest BCUT2D eigenvalue weighted by Crippen LogP contribution is -2.41. The largest absolute Gasteiger partial charge is 0.384 e. The molecule has 0 saturated carbocycles. The third-order valence-corrected chi connectivity index (χ3v) is 5.58. The summed E-state index contributed by atoms with van der Waals surface area (Å²) in [5, 5.41) is 3.28. The molecule has 0 aromatic carbocycles. The van der Waals surface area contributed by atoms with E-state index in [1.54, 1.807) is 18.5 Å². The molecule has 1 unspecified atom stereocenters. The van der Waals surface area contributed by atoms with Crippen molar-refractivity contribution in [3.63, 3.8) is 0 Å². The minimum Gasteiger partial charge on any atom is -0.384 e. The zero-order valence-electron chi connectivity index (χ0n) is 13.0. The topological polar surface area (TPSA) is 61.9 Å². The van der Waals surface area contributed by atoms with Crippen LogP contribution in [0.15, 0.2) is 0 Å². The van der Waals surface area contributed by atoms with Gasteiger partial charge in [0.1, 0.15) is 0 Å². The minimum absolute atomic E-state index is 0.328. The lowest BCUT2D eigenvalue weighted by molar-refractivity contribution is 0.157. The minimum atomic E-state index is -3.30. The first-order valence-corrected chi connectivity index (χ1v) is 8.83. The molecule has 1 rings (SSSR count). The molecule has 0 radical (unpaired) electrons. The van der Waals surface area contributed by atoms with E-state index in [4.69, 9.17) is 4.74 Å². The van der Waals surface area contributed by atoms with Crippen LogP contribution >= 0.6 is 0 Å². The van der Waals surface area contributed by atoms with Gasteiger partial charge in [0.15, 0.2) is 0 Å². The maximum absolute atomic E-state index is 12.4. The zero-order chi connectivity index (χ0) is 15.0. The molecule has 6 nitrogen and oxygen atoms in total. The highest BCUT2D eigenvalue weighted by Crippen LogP contribution is 2.21. The quantitative estimate of drug-likeness (QED) is 0.598. The fourth-order valence-corrected chi connectivity index (χ4v) is 3.91. The van der Waals surface area contributed by atoms with Crippen LogP contribution in [0.5, 0.6) is 0 Å². The molecular formula is C13H29N3O3S. The average molecular weight is 307 g/mol. The Kier molecular flexibility index (Phi) is 7.98. The summed E-state index contributed by atoms with van der Waals surface area (Å²) in [5.41, 5.74) is 0. The van der Waals surface area contributed by atoms with Crippen LogP contribution in [0.1, 0.15) is 26.2 Å². The number of methoxy groups -OCH3 is 1. The molecule has 0 aromatic heterocycles. The van der Waals surface area contributed by atoms with Crippen molar-refractivity contribution in [2.75, 3.05) is 53.5 Å².